The van der Waals surface area contributed by atoms with Crippen molar-refractivity contribution >= 4 is 10.9 Å². The van der Waals surface area contributed by atoms with Gasteiger partial charge in [0, 0.05) is 12.1 Å². The predicted molar refractivity (Wildman–Crippen MR) is 122 cm³/mol. The first-order valence-electron chi connectivity index (χ1n) is 11.2. The Balaban J connectivity index is 1.39. The van der Waals surface area contributed by atoms with Gasteiger partial charge >= 0.3 is 0 Å². The molecule has 2 heterocycles. The summed E-state index contributed by atoms with van der Waals surface area (Å²) in [5.41, 5.74) is 2.69. The monoisotopic (exact) mass is 405 g/mol. The molecule has 0 aliphatic carbocycles. The van der Waals surface area contributed by atoms with Crippen LogP contribution in [0.15, 0.2) is 47.3 Å². The molecule has 2 aromatic carbocycles. The first-order valence-corrected chi connectivity index (χ1v) is 11.2. The number of nitrogens with one attached hydrogen (secondary N) is 1. The van der Waals surface area contributed by atoms with Crippen LogP contribution in [0.2, 0.25) is 0 Å². The van der Waals surface area contributed by atoms with E-state index in [0.717, 1.165) is 49.2 Å². The second kappa shape index (κ2) is 9.90. The van der Waals surface area contributed by atoms with Gasteiger partial charge in [-0.05, 0) is 80.7 Å². The molecule has 0 saturated carbocycles. The number of piperidine rings is 1. The lowest BCUT2D eigenvalue weighted by Crippen LogP contribution is -2.31. The largest absolute Gasteiger partial charge is 0.494 e. The third kappa shape index (κ3) is 5.08. The fourth-order valence-electron chi connectivity index (χ4n) is 4.14. The lowest BCUT2D eigenvalue weighted by atomic mass is 10.1. The van der Waals surface area contributed by atoms with Gasteiger partial charge in [-0.15, -0.1) is 0 Å². The summed E-state index contributed by atoms with van der Waals surface area (Å²) in [4.78, 5) is 22.7. The normalized spacial score (nSPS) is 14.8. The third-order valence-corrected chi connectivity index (χ3v) is 5.77. The topological polar surface area (TPSA) is 58.2 Å². The van der Waals surface area contributed by atoms with Gasteiger partial charge in [0.1, 0.15) is 11.6 Å². The van der Waals surface area contributed by atoms with Crippen molar-refractivity contribution in [3.8, 4) is 17.1 Å². The van der Waals surface area contributed by atoms with Crippen molar-refractivity contribution < 1.29 is 4.74 Å². The number of rotatable bonds is 8. The molecule has 1 aliphatic rings. The van der Waals surface area contributed by atoms with Crippen molar-refractivity contribution in [3.63, 3.8) is 0 Å². The Kier molecular flexibility index (Phi) is 6.80. The molecule has 1 saturated heterocycles. The van der Waals surface area contributed by atoms with E-state index in [-0.39, 0.29) is 5.56 Å². The number of hydrogen-bond acceptors (Lipinski definition) is 4. The molecule has 5 heteroatoms. The maximum atomic E-state index is 12.6. The Morgan fingerprint density at radius 3 is 2.63 bits per heavy atom. The van der Waals surface area contributed by atoms with Crippen LogP contribution >= 0.6 is 0 Å². The average molecular weight is 406 g/mol. The van der Waals surface area contributed by atoms with E-state index in [0.29, 0.717) is 11.2 Å². The fourth-order valence-corrected chi connectivity index (χ4v) is 4.14. The van der Waals surface area contributed by atoms with Crippen LogP contribution < -0.4 is 10.3 Å². The molecule has 3 aromatic rings. The molecule has 0 radical (unpaired) electrons. The number of aryl methyl sites for hydroxylation is 1. The molecular formula is C25H31N3O2. The van der Waals surface area contributed by atoms with Crippen LogP contribution in [0.25, 0.3) is 22.3 Å². The minimum atomic E-state index is -0.0917. The van der Waals surface area contributed by atoms with Gasteiger partial charge < -0.3 is 14.6 Å². The quantitative estimate of drug-likeness (QED) is 0.547. The second-order valence-electron chi connectivity index (χ2n) is 8.14. The fraction of sp³-hybridized carbons (Fsp3) is 0.440. The molecule has 0 spiro atoms. The van der Waals surface area contributed by atoms with E-state index in [4.69, 9.17) is 4.74 Å². The third-order valence-electron chi connectivity index (χ3n) is 5.77. The lowest BCUT2D eigenvalue weighted by molar-refractivity contribution is 0.205. The molecule has 0 bridgehead atoms. The van der Waals surface area contributed by atoms with Crippen molar-refractivity contribution in [1.82, 2.24) is 14.9 Å². The molecule has 5 nitrogen and oxygen atoms in total. The van der Waals surface area contributed by atoms with E-state index in [9.17, 15) is 4.79 Å². The zero-order chi connectivity index (χ0) is 20.8. The lowest BCUT2D eigenvalue weighted by Gasteiger charge is -2.26. The van der Waals surface area contributed by atoms with Gasteiger partial charge in [0.05, 0.1) is 17.5 Å². The van der Waals surface area contributed by atoms with Gasteiger partial charge in [-0.2, -0.15) is 0 Å². The minimum absolute atomic E-state index is 0.0917. The first kappa shape index (κ1) is 20.6. The molecule has 0 atom stereocenters. The average Bonchev–Trinajstić information content (AvgIpc) is 2.78. The molecule has 1 aromatic heterocycles. The Bertz CT molecular complexity index is 1020. The maximum Gasteiger partial charge on any atom is 0.259 e. The van der Waals surface area contributed by atoms with Gasteiger partial charge in [-0.25, -0.2) is 4.98 Å². The van der Waals surface area contributed by atoms with Gasteiger partial charge in [0.2, 0.25) is 0 Å². The molecular weight excluding hydrogens is 374 g/mol. The molecule has 1 aliphatic heterocycles. The predicted octanol–water partition coefficient (Wildman–Crippen LogP) is 4.80. The zero-order valence-corrected chi connectivity index (χ0v) is 17.8. The first-order chi connectivity index (χ1) is 14.7. The zero-order valence-electron chi connectivity index (χ0n) is 17.8. The summed E-state index contributed by atoms with van der Waals surface area (Å²) in [5, 5.41) is 0.651. The molecule has 0 amide bonds. The number of benzene rings is 2. The van der Waals surface area contributed by atoms with Gasteiger partial charge in [-0.3, -0.25) is 4.79 Å². The van der Waals surface area contributed by atoms with Crippen LogP contribution in [0.3, 0.4) is 0 Å². The van der Waals surface area contributed by atoms with Crippen LogP contribution in [-0.4, -0.2) is 41.1 Å². The number of aromatic nitrogens is 2. The number of hydrogen-bond donors (Lipinski definition) is 1. The Hall–Kier alpha value is -2.66. The van der Waals surface area contributed by atoms with Crippen molar-refractivity contribution in [2.75, 3.05) is 26.2 Å². The van der Waals surface area contributed by atoms with E-state index in [2.05, 4.69) is 27.9 Å². The van der Waals surface area contributed by atoms with Crippen LogP contribution in [-0.2, 0) is 6.42 Å². The summed E-state index contributed by atoms with van der Waals surface area (Å²) >= 11 is 0. The van der Waals surface area contributed by atoms with Crippen molar-refractivity contribution in [2.45, 2.75) is 45.4 Å². The van der Waals surface area contributed by atoms with E-state index in [1.54, 1.807) is 0 Å². The van der Waals surface area contributed by atoms with Crippen molar-refractivity contribution in [3.05, 3.63) is 58.4 Å². The molecule has 0 unspecified atom stereocenters. The summed E-state index contributed by atoms with van der Waals surface area (Å²) < 4.78 is 5.90. The molecule has 158 valence electrons. The number of nitrogens with zero attached hydrogens (tertiary/aromatic N) is 2. The van der Waals surface area contributed by atoms with Gasteiger partial charge in [0.15, 0.2) is 0 Å². The Morgan fingerprint density at radius 2 is 1.87 bits per heavy atom. The van der Waals surface area contributed by atoms with E-state index in [1.165, 1.54) is 37.9 Å². The molecule has 1 N–H and O–H groups in total. The van der Waals surface area contributed by atoms with E-state index < -0.39 is 0 Å². The Morgan fingerprint density at radius 1 is 1.07 bits per heavy atom. The number of ether oxygens (including phenoxy) is 1. The smallest absolute Gasteiger partial charge is 0.259 e. The highest BCUT2D eigenvalue weighted by molar-refractivity contribution is 5.80. The van der Waals surface area contributed by atoms with Crippen LogP contribution in [0.1, 0.15) is 44.6 Å². The summed E-state index contributed by atoms with van der Waals surface area (Å²) in [6.45, 7) is 6.43. The molecule has 4 rings (SSSR count). The van der Waals surface area contributed by atoms with Gasteiger partial charge in [0.25, 0.3) is 5.56 Å². The number of aromatic amines is 1. The highest BCUT2D eigenvalue weighted by Gasteiger charge is 2.10. The number of fused-ring (bicyclic) bond motifs is 1. The Labute approximate surface area is 178 Å². The van der Waals surface area contributed by atoms with E-state index >= 15 is 0 Å². The number of H-pyrrole nitrogens is 1. The minimum Gasteiger partial charge on any atom is -0.494 e. The van der Waals surface area contributed by atoms with E-state index in [1.807, 2.05) is 36.4 Å². The standard InChI is InChI=1S/C25H31N3O2/c1-2-7-19-8-13-23-22(18-19)25(29)27-24(26-23)20-9-11-21(12-10-20)30-17-6-16-28-14-4-3-5-15-28/h8-13,18H,2-7,14-17H2,1H3,(H,26,27,29). The highest BCUT2D eigenvalue weighted by Crippen LogP contribution is 2.21. The van der Waals surface area contributed by atoms with Crippen molar-refractivity contribution in [1.29, 1.82) is 0 Å². The van der Waals surface area contributed by atoms with Crippen LogP contribution in [0.4, 0.5) is 0 Å². The maximum absolute atomic E-state index is 12.6. The SMILES string of the molecule is CCCc1ccc2nc(-c3ccc(OCCCN4CCCCC4)cc3)[nH]c(=O)c2c1. The summed E-state index contributed by atoms with van der Waals surface area (Å²) in [6, 6.07) is 13.8. The molecule has 1 fully saturated rings. The van der Waals surface area contributed by atoms with Crippen LogP contribution in [0, 0.1) is 0 Å². The summed E-state index contributed by atoms with van der Waals surface area (Å²) in [5.74, 6) is 1.44. The summed E-state index contributed by atoms with van der Waals surface area (Å²) in [7, 11) is 0. The number of likely N-dealkylation sites (tertiary alicyclic amines) is 1. The van der Waals surface area contributed by atoms with Crippen LogP contribution in [0.5, 0.6) is 5.75 Å². The molecule has 30 heavy (non-hydrogen) atoms. The van der Waals surface area contributed by atoms with Gasteiger partial charge in [-0.1, -0.05) is 25.8 Å². The van der Waals surface area contributed by atoms with Crippen molar-refractivity contribution in [2.24, 2.45) is 0 Å². The second-order valence-corrected chi connectivity index (χ2v) is 8.14. The highest BCUT2D eigenvalue weighted by atomic mass is 16.5. The summed E-state index contributed by atoms with van der Waals surface area (Å²) in [6.07, 6.45) is 7.09.